The third-order valence-corrected chi connectivity index (χ3v) is 2.44. The van der Waals surface area contributed by atoms with Gasteiger partial charge in [-0.1, -0.05) is 0 Å². The van der Waals surface area contributed by atoms with Gasteiger partial charge in [0.2, 0.25) is 0 Å². The molecule has 1 rings (SSSR count). The maximum absolute atomic E-state index is 11.7. The number of nitrogens with zero attached hydrogens (tertiary/aromatic N) is 1. The molecule has 1 N–H and O–H groups in total. The summed E-state index contributed by atoms with van der Waals surface area (Å²) in [6.45, 7) is 4.81. The fourth-order valence-electron chi connectivity index (χ4n) is 1.49. The number of carbonyl (C=O) groups is 1. The van der Waals surface area contributed by atoms with Gasteiger partial charge in [-0.05, 0) is 32.4 Å². The van der Waals surface area contributed by atoms with Crippen molar-refractivity contribution < 1.29 is 14.3 Å². The third kappa shape index (κ3) is 4.33. The normalized spacial score (nSPS) is 11.9. The van der Waals surface area contributed by atoms with Crippen molar-refractivity contribution in [3.63, 3.8) is 0 Å². The Morgan fingerprint density at radius 2 is 2.33 bits per heavy atom. The highest BCUT2D eigenvalue weighted by atomic mass is 16.5. The van der Waals surface area contributed by atoms with Crippen molar-refractivity contribution in [3.05, 3.63) is 23.9 Å². The average Bonchev–Trinajstić information content (AvgIpc) is 2.37. The predicted molar refractivity (Wildman–Crippen MR) is 69.8 cm³/mol. The molecule has 0 aromatic carbocycles. The van der Waals surface area contributed by atoms with Crippen molar-refractivity contribution in [3.8, 4) is 0 Å². The summed E-state index contributed by atoms with van der Waals surface area (Å²) in [7, 11) is 1.66. The smallest absolute Gasteiger partial charge is 0.341 e. The van der Waals surface area contributed by atoms with E-state index in [4.69, 9.17) is 9.47 Å². The highest BCUT2D eigenvalue weighted by molar-refractivity contribution is 5.94. The first-order chi connectivity index (χ1) is 8.69. The molecule has 0 bridgehead atoms. The van der Waals surface area contributed by atoms with Gasteiger partial charge in [0.25, 0.3) is 0 Å². The highest BCUT2D eigenvalue weighted by Gasteiger charge is 2.14. The molecule has 0 spiro atoms. The lowest BCUT2D eigenvalue weighted by atomic mass is 10.2. The minimum absolute atomic E-state index is 0.174. The summed E-state index contributed by atoms with van der Waals surface area (Å²) < 4.78 is 10.0. The second-order valence-electron chi connectivity index (χ2n) is 3.95. The minimum Gasteiger partial charge on any atom is -0.462 e. The molecule has 0 saturated carbocycles. The molecule has 1 aromatic heterocycles. The number of ether oxygens (including phenoxy) is 2. The first-order valence-corrected chi connectivity index (χ1v) is 6.06. The second kappa shape index (κ2) is 7.66. The molecule has 5 nitrogen and oxygen atoms in total. The van der Waals surface area contributed by atoms with Gasteiger partial charge in [0.05, 0.1) is 6.61 Å². The third-order valence-electron chi connectivity index (χ3n) is 2.44. The number of hydrogen-bond acceptors (Lipinski definition) is 5. The van der Waals surface area contributed by atoms with Crippen LogP contribution in [0, 0.1) is 0 Å². The summed E-state index contributed by atoms with van der Waals surface area (Å²) in [5, 5.41) is 3.19. The molecule has 0 amide bonds. The fourth-order valence-corrected chi connectivity index (χ4v) is 1.49. The van der Waals surface area contributed by atoms with Crippen molar-refractivity contribution >= 4 is 11.8 Å². The number of methoxy groups -OCH3 is 1. The van der Waals surface area contributed by atoms with Gasteiger partial charge < -0.3 is 14.8 Å². The monoisotopic (exact) mass is 252 g/mol. The lowest BCUT2D eigenvalue weighted by Crippen LogP contribution is -2.20. The van der Waals surface area contributed by atoms with Gasteiger partial charge in [-0.3, -0.25) is 0 Å². The van der Waals surface area contributed by atoms with E-state index in [1.54, 1.807) is 32.4 Å². The van der Waals surface area contributed by atoms with E-state index in [2.05, 4.69) is 10.3 Å². The van der Waals surface area contributed by atoms with Crippen LogP contribution in [0.5, 0.6) is 0 Å². The quantitative estimate of drug-likeness (QED) is 0.753. The summed E-state index contributed by atoms with van der Waals surface area (Å²) in [6, 6.07) is 3.60. The minimum atomic E-state index is -0.355. The lowest BCUT2D eigenvalue weighted by Gasteiger charge is -2.16. The van der Waals surface area contributed by atoms with Gasteiger partial charge >= 0.3 is 5.97 Å². The summed E-state index contributed by atoms with van der Waals surface area (Å²) in [5.74, 6) is 0.201. The first-order valence-electron chi connectivity index (χ1n) is 6.06. The van der Waals surface area contributed by atoms with Crippen molar-refractivity contribution in [1.82, 2.24) is 4.98 Å². The molecule has 1 aromatic rings. The Labute approximate surface area is 108 Å². The van der Waals surface area contributed by atoms with Crippen LogP contribution in [0.2, 0.25) is 0 Å². The molecule has 0 radical (unpaired) electrons. The maximum atomic E-state index is 11.7. The molecule has 100 valence electrons. The molecule has 1 unspecified atom stereocenters. The molecule has 0 aliphatic carbocycles. The molecule has 0 fully saturated rings. The fraction of sp³-hybridized carbons (Fsp3) is 0.538. The predicted octanol–water partition coefficient (Wildman–Crippen LogP) is 2.10. The van der Waals surface area contributed by atoms with Gasteiger partial charge in [-0.2, -0.15) is 0 Å². The van der Waals surface area contributed by atoms with Crippen LogP contribution in [0.1, 0.15) is 30.6 Å². The van der Waals surface area contributed by atoms with E-state index in [9.17, 15) is 4.79 Å². The first kappa shape index (κ1) is 14.4. The zero-order valence-electron chi connectivity index (χ0n) is 11.1. The highest BCUT2D eigenvalue weighted by Crippen LogP contribution is 2.14. The molecule has 5 heteroatoms. The Hall–Kier alpha value is -1.62. The Balaban J connectivity index is 2.72. The summed E-state index contributed by atoms with van der Waals surface area (Å²) in [6.07, 6.45) is 2.49. The van der Waals surface area contributed by atoms with Crippen molar-refractivity contribution in [2.75, 3.05) is 25.6 Å². The van der Waals surface area contributed by atoms with Gasteiger partial charge in [0.1, 0.15) is 11.4 Å². The molecule has 1 atom stereocenters. The van der Waals surface area contributed by atoms with Crippen LogP contribution in [0.15, 0.2) is 18.3 Å². The van der Waals surface area contributed by atoms with Crippen LogP contribution in [0.25, 0.3) is 0 Å². The van der Waals surface area contributed by atoms with Gasteiger partial charge in [0.15, 0.2) is 0 Å². The van der Waals surface area contributed by atoms with Crippen LogP contribution >= 0.6 is 0 Å². The van der Waals surface area contributed by atoms with Crippen LogP contribution in [-0.4, -0.2) is 37.3 Å². The Bertz CT molecular complexity index is 382. The molecular formula is C13H20N2O3. The van der Waals surface area contributed by atoms with Crippen molar-refractivity contribution in [1.29, 1.82) is 0 Å². The van der Waals surface area contributed by atoms with E-state index in [0.29, 0.717) is 24.6 Å². The number of carbonyl (C=O) groups excluding carboxylic acids is 1. The number of rotatable bonds is 7. The number of hydrogen-bond donors (Lipinski definition) is 1. The molecule has 1 heterocycles. The Kier molecular flexibility index (Phi) is 6.14. The number of esters is 1. The van der Waals surface area contributed by atoms with Crippen LogP contribution < -0.4 is 5.32 Å². The van der Waals surface area contributed by atoms with Crippen LogP contribution in [-0.2, 0) is 9.47 Å². The van der Waals surface area contributed by atoms with Gasteiger partial charge in [0, 0.05) is 26.0 Å². The van der Waals surface area contributed by atoms with E-state index in [1.807, 2.05) is 6.92 Å². The number of anilines is 1. The number of pyridine rings is 1. The van der Waals surface area contributed by atoms with E-state index >= 15 is 0 Å². The molecule has 0 aliphatic rings. The molecule has 0 aliphatic heterocycles. The van der Waals surface area contributed by atoms with Gasteiger partial charge in [-0.15, -0.1) is 0 Å². The van der Waals surface area contributed by atoms with Crippen molar-refractivity contribution in [2.45, 2.75) is 26.3 Å². The average molecular weight is 252 g/mol. The van der Waals surface area contributed by atoms with E-state index < -0.39 is 0 Å². The van der Waals surface area contributed by atoms with Crippen LogP contribution in [0.3, 0.4) is 0 Å². The summed E-state index contributed by atoms with van der Waals surface area (Å²) >= 11 is 0. The molecular weight excluding hydrogens is 232 g/mol. The number of aromatic nitrogens is 1. The Morgan fingerprint density at radius 1 is 1.56 bits per heavy atom. The van der Waals surface area contributed by atoms with Crippen LogP contribution in [0.4, 0.5) is 5.82 Å². The second-order valence-corrected chi connectivity index (χ2v) is 3.95. The van der Waals surface area contributed by atoms with E-state index in [0.717, 1.165) is 6.42 Å². The number of nitrogens with one attached hydrogen (secondary N) is 1. The zero-order chi connectivity index (χ0) is 13.4. The SMILES string of the molecule is CCOC(=O)c1cccnc1NC(C)CCOC. The van der Waals surface area contributed by atoms with E-state index in [-0.39, 0.29) is 12.0 Å². The lowest BCUT2D eigenvalue weighted by molar-refractivity contribution is 0.0527. The summed E-state index contributed by atoms with van der Waals surface area (Å²) in [5.41, 5.74) is 0.462. The van der Waals surface area contributed by atoms with E-state index in [1.165, 1.54) is 0 Å². The summed E-state index contributed by atoms with van der Waals surface area (Å²) in [4.78, 5) is 15.9. The van der Waals surface area contributed by atoms with Gasteiger partial charge in [-0.25, -0.2) is 9.78 Å². The molecule has 18 heavy (non-hydrogen) atoms. The zero-order valence-corrected chi connectivity index (χ0v) is 11.1. The largest absolute Gasteiger partial charge is 0.462 e. The molecule has 0 saturated heterocycles. The maximum Gasteiger partial charge on any atom is 0.341 e. The topological polar surface area (TPSA) is 60.5 Å². The Morgan fingerprint density at radius 3 is 3.00 bits per heavy atom. The standard InChI is InChI=1S/C13H20N2O3/c1-4-18-13(16)11-6-5-8-14-12(11)15-10(2)7-9-17-3/h5-6,8,10H,4,7,9H2,1-3H3,(H,14,15). The van der Waals surface area contributed by atoms with Crippen molar-refractivity contribution in [2.24, 2.45) is 0 Å².